The average molecular weight is 220 g/mol. The zero-order chi connectivity index (χ0) is 10.4. The van der Waals surface area contributed by atoms with Crippen LogP contribution in [0, 0.1) is 5.92 Å². The van der Waals surface area contributed by atoms with Gasteiger partial charge in [0.15, 0.2) is 0 Å². The van der Waals surface area contributed by atoms with Gasteiger partial charge in [-0.15, -0.1) is 11.6 Å². The van der Waals surface area contributed by atoms with Crippen LogP contribution in [-0.2, 0) is 9.53 Å². The molecule has 82 valence electrons. The molecule has 4 heteroatoms. The van der Waals surface area contributed by atoms with Crippen molar-refractivity contribution >= 4 is 17.5 Å². The number of alkyl halides is 1. The standard InChI is InChI=1S/C10H18ClNO2/c1-14-6-4-9-3-2-5-12(8-9)10(13)7-11/h9H,2-8H2,1H3/t9-/m0/s1. The summed E-state index contributed by atoms with van der Waals surface area (Å²) in [4.78, 5) is 13.2. The molecule has 0 unspecified atom stereocenters. The van der Waals surface area contributed by atoms with E-state index in [0.717, 1.165) is 32.5 Å². The Bertz CT molecular complexity index is 187. The third kappa shape index (κ3) is 3.46. The minimum atomic E-state index is 0.0637. The molecule has 1 amide bonds. The number of hydrogen-bond donors (Lipinski definition) is 0. The molecule has 0 radical (unpaired) electrons. The number of ether oxygens (including phenoxy) is 1. The van der Waals surface area contributed by atoms with Gasteiger partial charge in [-0.2, -0.15) is 0 Å². The number of rotatable bonds is 4. The van der Waals surface area contributed by atoms with Crippen LogP contribution in [-0.4, -0.2) is 43.5 Å². The lowest BCUT2D eigenvalue weighted by molar-refractivity contribution is -0.130. The second kappa shape index (κ2) is 6.25. The first-order chi connectivity index (χ1) is 6.77. The van der Waals surface area contributed by atoms with E-state index in [1.54, 1.807) is 7.11 Å². The summed E-state index contributed by atoms with van der Waals surface area (Å²) in [5.74, 6) is 0.765. The molecular weight excluding hydrogens is 202 g/mol. The minimum absolute atomic E-state index is 0.0637. The zero-order valence-corrected chi connectivity index (χ0v) is 9.42. The topological polar surface area (TPSA) is 29.5 Å². The second-order valence-electron chi connectivity index (χ2n) is 3.76. The summed E-state index contributed by atoms with van der Waals surface area (Å²) in [7, 11) is 1.71. The van der Waals surface area contributed by atoms with Crippen molar-refractivity contribution in [1.29, 1.82) is 0 Å². The molecule has 1 aliphatic heterocycles. The number of methoxy groups -OCH3 is 1. The summed E-state index contributed by atoms with van der Waals surface area (Å²) in [5.41, 5.74) is 0. The number of amides is 1. The molecule has 0 bridgehead atoms. The largest absolute Gasteiger partial charge is 0.385 e. The highest BCUT2D eigenvalue weighted by atomic mass is 35.5. The normalized spacial score (nSPS) is 22.4. The summed E-state index contributed by atoms with van der Waals surface area (Å²) in [6.07, 6.45) is 3.34. The quantitative estimate of drug-likeness (QED) is 0.671. The van der Waals surface area contributed by atoms with Gasteiger partial charge in [0.25, 0.3) is 0 Å². The highest BCUT2D eigenvalue weighted by molar-refractivity contribution is 6.27. The molecule has 0 saturated carbocycles. The Balaban J connectivity index is 2.31. The monoisotopic (exact) mass is 219 g/mol. The Morgan fingerprint density at radius 2 is 2.43 bits per heavy atom. The second-order valence-corrected chi connectivity index (χ2v) is 4.03. The SMILES string of the molecule is COCC[C@@H]1CCCN(C(=O)CCl)C1. The molecular formula is C10H18ClNO2. The van der Waals surface area contributed by atoms with E-state index in [1.165, 1.54) is 6.42 Å². The molecule has 14 heavy (non-hydrogen) atoms. The first-order valence-corrected chi connectivity index (χ1v) is 5.64. The predicted octanol–water partition coefficient (Wildman–Crippen LogP) is 1.50. The average Bonchev–Trinajstić information content (AvgIpc) is 2.25. The van der Waals surface area contributed by atoms with Crippen LogP contribution in [0.2, 0.25) is 0 Å². The van der Waals surface area contributed by atoms with Crippen LogP contribution >= 0.6 is 11.6 Å². The molecule has 1 rings (SSSR count). The van der Waals surface area contributed by atoms with E-state index in [9.17, 15) is 4.79 Å². The molecule has 1 heterocycles. The van der Waals surface area contributed by atoms with Gasteiger partial charge in [-0.05, 0) is 25.2 Å². The van der Waals surface area contributed by atoms with Gasteiger partial charge in [-0.1, -0.05) is 0 Å². The van der Waals surface area contributed by atoms with Crippen LogP contribution in [0.4, 0.5) is 0 Å². The maximum atomic E-state index is 11.3. The maximum absolute atomic E-state index is 11.3. The first kappa shape index (κ1) is 11.8. The van der Waals surface area contributed by atoms with Crippen molar-refractivity contribution in [1.82, 2.24) is 4.90 Å². The molecule has 0 aromatic heterocycles. The lowest BCUT2D eigenvalue weighted by atomic mass is 9.95. The van der Waals surface area contributed by atoms with Crippen molar-refractivity contribution in [3.63, 3.8) is 0 Å². The number of halogens is 1. The van der Waals surface area contributed by atoms with Crippen molar-refractivity contribution < 1.29 is 9.53 Å². The van der Waals surface area contributed by atoms with Gasteiger partial charge in [0, 0.05) is 26.8 Å². The van der Waals surface area contributed by atoms with E-state index in [4.69, 9.17) is 16.3 Å². The Kier molecular flexibility index (Phi) is 5.26. The van der Waals surface area contributed by atoms with Gasteiger partial charge in [-0.25, -0.2) is 0 Å². The van der Waals surface area contributed by atoms with Crippen LogP contribution in [0.3, 0.4) is 0 Å². The smallest absolute Gasteiger partial charge is 0.237 e. The summed E-state index contributed by atoms with van der Waals surface area (Å²) in [5, 5.41) is 0. The van der Waals surface area contributed by atoms with Crippen molar-refractivity contribution in [2.75, 3.05) is 32.7 Å². The fraction of sp³-hybridized carbons (Fsp3) is 0.900. The summed E-state index contributed by atoms with van der Waals surface area (Å²) >= 11 is 5.52. The lowest BCUT2D eigenvalue weighted by Gasteiger charge is -2.32. The molecule has 0 aliphatic carbocycles. The molecule has 3 nitrogen and oxygen atoms in total. The van der Waals surface area contributed by atoms with Gasteiger partial charge >= 0.3 is 0 Å². The predicted molar refractivity (Wildman–Crippen MR) is 56.5 cm³/mol. The van der Waals surface area contributed by atoms with Gasteiger partial charge < -0.3 is 9.64 Å². The van der Waals surface area contributed by atoms with Crippen molar-refractivity contribution in [2.24, 2.45) is 5.92 Å². The number of hydrogen-bond acceptors (Lipinski definition) is 2. The zero-order valence-electron chi connectivity index (χ0n) is 8.67. The highest BCUT2D eigenvalue weighted by Gasteiger charge is 2.22. The van der Waals surface area contributed by atoms with Gasteiger partial charge in [0.05, 0.1) is 0 Å². The summed E-state index contributed by atoms with van der Waals surface area (Å²) in [6.45, 7) is 2.51. The van der Waals surface area contributed by atoms with Crippen LogP contribution in [0.1, 0.15) is 19.3 Å². The molecule has 1 fully saturated rings. The molecule has 1 aliphatic rings. The molecule has 0 N–H and O–H groups in total. The number of carbonyl (C=O) groups excluding carboxylic acids is 1. The first-order valence-electron chi connectivity index (χ1n) is 5.10. The van der Waals surface area contributed by atoms with E-state index in [1.807, 2.05) is 4.90 Å². The fourth-order valence-electron chi connectivity index (χ4n) is 1.90. The molecule has 0 spiro atoms. The van der Waals surface area contributed by atoms with E-state index in [0.29, 0.717) is 5.92 Å². The number of carbonyl (C=O) groups is 1. The Labute approximate surface area is 90.4 Å². The van der Waals surface area contributed by atoms with E-state index < -0.39 is 0 Å². The van der Waals surface area contributed by atoms with Crippen LogP contribution in [0.25, 0.3) is 0 Å². The van der Waals surface area contributed by atoms with Crippen molar-refractivity contribution in [2.45, 2.75) is 19.3 Å². The molecule has 0 aromatic rings. The number of likely N-dealkylation sites (tertiary alicyclic amines) is 1. The van der Waals surface area contributed by atoms with E-state index >= 15 is 0 Å². The number of piperidine rings is 1. The summed E-state index contributed by atoms with van der Waals surface area (Å²) in [6, 6.07) is 0. The van der Waals surface area contributed by atoms with E-state index in [-0.39, 0.29) is 11.8 Å². The Hall–Kier alpha value is -0.280. The third-order valence-corrected chi connectivity index (χ3v) is 2.94. The van der Waals surface area contributed by atoms with Crippen LogP contribution in [0.15, 0.2) is 0 Å². The fourth-order valence-corrected chi connectivity index (χ4v) is 2.07. The van der Waals surface area contributed by atoms with Crippen LogP contribution in [0.5, 0.6) is 0 Å². The third-order valence-electron chi connectivity index (χ3n) is 2.72. The number of nitrogens with zero attached hydrogens (tertiary/aromatic N) is 1. The summed E-state index contributed by atoms with van der Waals surface area (Å²) < 4.78 is 5.04. The van der Waals surface area contributed by atoms with Crippen molar-refractivity contribution in [3.05, 3.63) is 0 Å². The Morgan fingerprint density at radius 1 is 1.64 bits per heavy atom. The highest BCUT2D eigenvalue weighted by Crippen LogP contribution is 2.19. The molecule has 1 saturated heterocycles. The lowest BCUT2D eigenvalue weighted by Crippen LogP contribution is -2.40. The molecule has 1 atom stereocenters. The van der Waals surface area contributed by atoms with Crippen molar-refractivity contribution in [3.8, 4) is 0 Å². The van der Waals surface area contributed by atoms with Gasteiger partial charge in [-0.3, -0.25) is 4.79 Å². The Morgan fingerprint density at radius 3 is 3.07 bits per heavy atom. The van der Waals surface area contributed by atoms with Gasteiger partial charge in [0.2, 0.25) is 5.91 Å². The molecule has 0 aromatic carbocycles. The van der Waals surface area contributed by atoms with Crippen LogP contribution < -0.4 is 0 Å². The van der Waals surface area contributed by atoms with E-state index in [2.05, 4.69) is 0 Å². The van der Waals surface area contributed by atoms with Gasteiger partial charge in [0.1, 0.15) is 5.88 Å². The maximum Gasteiger partial charge on any atom is 0.237 e. The minimum Gasteiger partial charge on any atom is -0.385 e.